The van der Waals surface area contributed by atoms with Gasteiger partial charge in [-0.3, -0.25) is 9.59 Å². The van der Waals surface area contributed by atoms with Gasteiger partial charge in [-0.1, -0.05) is 6.92 Å². The van der Waals surface area contributed by atoms with Gasteiger partial charge in [0.1, 0.15) is 5.76 Å². The van der Waals surface area contributed by atoms with Crippen LogP contribution in [0.3, 0.4) is 0 Å². The van der Waals surface area contributed by atoms with Crippen LogP contribution < -0.4 is 0 Å². The third kappa shape index (κ3) is 4.89. The highest BCUT2D eigenvalue weighted by molar-refractivity contribution is 5.91. The van der Waals surface area contributed by atoms with E-state index in [0.29, 0.717) is 5.76 Å². The predicted molar refractivity (Wildman–Crippen MR) is 72.6 cm³/mol. The van der Waals surface area contributed by atoms with Crippen molar-refractivity contribution in [1.82, 2.24) is 4.90 Å². The molecule has 1 heterocycles. The first kappa shape index (κ1) is 16.0. The van der Waals surface area contributed by atoms with Crippen molar-refractivity contribution < 1.29 is 23.8 Å². The first-order chi connectivity index (χ1) is 9.58. The van der Waals surface area contributed by atoms with E-state index in [2.05, 4.69) is 4.74 Å². The lowest BCUT2D eigenvalue weighted by Crippen LogP contribution is -2.38. The van der Waals surface area contributed by atoms with Crippen molar-refractivity contribution in [2.24, 2.45) is 5.92 Å². The number of nitrogens with zero attached hydrogens (tertiary/aromatic N) is 1. The van der Waals surface area contributed by atoms with Crippen molar-refractivity contribution in [2.45, 2.75) is 6.92 Å². The lowest BCUT2D eigenvalue weighted by Gasteiger charge is -2.22. The number of aliphatic hydroxyl groups is 1. The highest BCUT2D eigenvalue weighted by Gasteiger charge is 2.19. The average Bonchev–Trinajstić information content (AvgIpc) is 2.96. The molecule has 0 aliphatic heterocycles. The van der Waals surface area contributed by atoms with E-state index in [0.717, 1.165) is 0 Å². The average molecular weight is 281 g/mol. The fourth-order valence-electron chi connectivity index (χ4n) is 1.66. The molecule has 1 unspecified atom stereocenters. The number of methoxy groups -OCH3 is 1. The number of carbonyl (C=O) groups is 2. The summed E-state index contributed by atoms with van der Waals surface area (Å²) in [5.41, 5.74) is 0. The Bertz CT molecular complexity index is 452. The smallest absolute Gasteiger partial charge is 0.310 e. The first-order valence-electron chi connectivity index (χ1n) is 6.27. The second kappa shape index (κ2) is 8.16. The lowest BCUT2D eigenvalue weighted by molar-refractivity contribution is -0.146. The minimum atomic E-state index is -0.451. The molecule has 0 aromatic carbocycles. The van der Waals surface area contributed by atoms with E-state index in [1.165, 1.54) is 30.4 Å². The molecule has 0 saturated carbocycles. The van der Waals surface area contributed by atoms with Crippen molar-refractivity contribution in [3.8, 4) is 0 Å². The van der Waals surface area contributed by atoms with Gasteiger partial charge >= 0.3 is 5.97 Å². The van der Waals surface area contributed by atoms with Gasteiger partial charge in [-0.05, 0) is 18.2 Å². The Labute approximate surface area is 117 Å². The zero-order valence-electron chi connectivity index (χ0n) is 11.6. The number of hydrogen-bond donors (Lipinski definition) is 1. The summed E-state index contributed by atoms with van der Waals surface area (Å²) >= 11 is 0. The lowest BCUT2D eigenvalue weighted by atomic mass is 10.1. The van der Waals surface area contributed by atoms with Crippen molar-refractivity contribution in [3.05, 3.63) is 30.2 Å². The Hall–Kier alpha value is -2.08. The summed E-state index contributed by atoms with van der Waals surface area (Å²) in [6.45, 7) is 1.84. The Balaban J connectivity index is 2.64. The SMILES string of the molecule is COC(=O)C(C)CN(CCO)C(=O)/C=C/c1ccco1. The number of rotatable bonds is 7. The molecule has 0 radical (unpaired) electrons. The van der Waals surface area contributed by atoms with Crippen LogP contribution in [0.15, 0.2) is 28.9 Å². The Morgan fingerprint density at radius 1 is 1.55 bits per heavy atom. The summed E-state index contributed by atoms with van der Waals surface area (Å²) in [4.78, 5) is 24.8. The van der Waals surface area contributed by atoms with Gasteiger partial charge in [0.15, 0.2) is 0 Å². The normalized spacial score (nSPS) is 12.3. The zero-order valence-corrected chi connectivity index (χ0v) is 11.6. The van der Waals surface area contributed by atoms with Gasteiger partial charge in [-0.15, -0.1) is 0 Å². The molecule has 6 nitrogen and oxygen atoms in total. The van der Waals surface area contributed by atoms with Crippen molar-refractivity contribution >= 4 is 18.0 Å². The van der Waals surface area contributed by atoms with E-state index in [4.69, 9.17) is 9.52 Å². The molecule has 0 saturated heterocycles. The summed E-state index contributed by atoms with van der Waals surface area (Å²) < 4.78 is 9.70. The Kier molecular flexibility index (Phi) is 6.52. The summed E-state index contributed by atoms with van der Waals surface area (Å²) in [5.74, 6) is -0.585. The van der Waals surface area contributed by atoms with Crippen LogP contribution in [0.5, 0.6) is 0 Å². The Morgan fingerprint density at radius 2 is 2.30 bits per heavy atom. The molecule has 0 spiro atoms. The molecular formula is C14H19NO5. The highest BCUT2D eigenvalue weighted by atomic mass is 16.5. The van der Waals surface area contributed by atoms with E-state index < -0.39 is 11.9 Å². The molecule has 20 heavy (non-hydrogen) atoms. The topological polar surface area (TPSA) is 80.0 Å². The molecule has 1 N–H and O–H groups in total. The van der Waals surface area contributed by atoms with Gasteiger partial charge in [-0.25, -0.2) is 0 Å². The molecule has 1 aromatic heterocycles. The molecule has 1 atom stereocenters. The van der Waals surface area contributed by atoms with Gasteiger partial charge in [0.25, 0.3) is 0 Å². The van der Waals surface area contributed by atoms with Crippen molar-refractivity contribution in [1.29, 1.82) is 0 Å². The molecule has 0 fully saturated rings. The van der Waals surface area contributed by atoms with Crippen LogP contribution in [0.4, 0.5) is 0 Å². The summed E-state index contributed by atoms with van der Waals surface area (Å²) in [7, 11) is 1.30. The number of furan rings is 1. The van der Waals surface area contributed by atoms with E-state index in [-0.39, 0.29) is 25.6 Å². The maximum Gasteiger partial charge on any atom is 0.310 e. The maximum absolute atomic E-state index is 12.0. The highest BCUT2D eigenvalue weighted by Crippen LogP contribution is 2.06. The first-order valence-corrected chi connectivity index (χ1v) is 6.27. The molecular weight excluding hydrogens is 262 g/mol. The summed E-state index contributed by atoms with van der Waals surface area (Å²) in [6.07, 6.45) is 4.39. The standard InChI is InChI=1S/C14H19NO5/c1-11(14(18)19-2)10-15(7-8-16)13(17)6-5-12-4-3-9-20-12/h3-6,9,11,16H,7-8,10H2,1-2H3/b6-5+. The van der Waals surface area contributed by atoms with E-state index in [9.17, 15) is 9.59 Å². The maximum atomic E-state index is 12.0. The second-order valence-electron chi connectivity index (χ2n) is 4.28. The molecule has 0 bridgehead atoms. The molecule has 1 amide bonds. The quantitative estimate of drug-likeness (QED) is 0.594. The monoisotopic (exact) mass is 281 g/mol. The second-order valence-corrected chi connectivity index (χ2v) is 4.28. The van der Waals surface area contributed by atoms with Crippen LogP contribution in [0.1, 0.15) is 12.7 Å². The van der Waals surface area contributed by atoms with Crippen LogP contribution in [-0.2, 0) is 14.3 Å². The van der Waals surface area contributed by atoms with E-state index in [1.807, 2.05) is 0 Å². The minimum Gasteiger partial charge on any atom is -0.469 e. The molecule has 6 heteroatoms. The van der Waals surface area contributed by atoms with Crippen molar-refractivity contribution in [2.75, 3.05) is 26.8 Å². The van der Waals surface area contributed by atoms with Gasteiger partial charge in [-0.2, -0.15) is 0 Å². The molecule has 0 aliphatic carbocycles. The number of aliphatic hydroxyl groups excluding tert-OH is 1. The fourth-order valence-corrected chi connectivity index (χ4v) is 1.66. The van der Waals surface area contributed by atoms with E-state index >= 15 is 0 Å². The molecule has 110 valence electrons. The van der Waals surface area contributed by atoms with Crippen LogP contribution in [0.2, 0.25) is 0 Å². The molecule has 1 rings (SSSR count). The van der Waals surface area contributed by atoms with Crippen LogP contribution in [0.25, 0.3) is 6.08 Å². The zero-order chi connectivity index (χ0) is 15.0. The van der Waals surface area contributed by atoms with Gasteiger partial charge in [0.05, 0.1) is 25.9 Å². The summed E-state index contributed by atoms with van der Waals surface area (Å²) in [6, 6.07) is 3.44. The largest absolute Gasteiger partial charge is 0.469 e. The number of esters is 1. The van der Waals surface area contributed by atoms with Gasteiger partial charge in [0.2, 0.25) is 5.91 Å². The van der Waals surface area contributed by atoms with Crippen LogP contribution >= 0.6 is 0 Å². The predicted octanol–water partition coefficient (Wildman–Crippen LogP) is 0.923. The number of carbonyl (C=O) groups excluding carboxylic acids is 2. The number of ether oxygens (including phenoxy) is 1. The Morgan fingerprint density at radius 3 is 2.85 bits per heavy atom. The van der Waals surface area contributed by atoms with E-state index in [1.54, 1.807) is 19.1 Å². The molecule has 0 aliphatic rings. The number of amides is 1. The molecule has 1 aromatic rings. The summed E-state index contributed by atoms with van der Waals surface area (Å²) in [5, 5.41) is 8.99. The number of hydrogen-bond acceptors (Lipinski definition) is 5. The van der Waals surface area contributed by atoms with Crippen LogP contribution in [0, 0.1) is 5.92 Å². The van der Waals surface area contributed by atoms with Gasteiger partial charge < -0.3 is 19.2 Å². The third-order valence-corrected chi connectivity index (χ3v) is 2.71. The van der Waals surface area contributed by atoms with Crippen molar-refractivity contribution in [3.63, 3.8) is 0 Å². The van der Waals surface area contributed by atoms with Gasteiger partial charge in [0, 0.05) is 19.2 Å². The third-order valence-electron chi connectivity index (χ3n) is 2.71. The fraction of sp³-hybridized carbons (Fsp3) is 0.429. The van der Waals surface area contributed by atoms with Crippen LogP contribution in [-0.4, -0.2) is 48.7 Å². The minimum absolute atomic E-state index is 0.155.